The molecule has 21 heavy (non-hydrogen) atoms. The molecule has 0 aliphatic rings. The SMILES string of the molecule is CC[C@@H](CO)NCc1nn(C(C)C)nc1-c1ccccc1. The number of aromatic nitrogens is 3. The molecule has 0 saturated carbocycles. The summed E-state index contributed by atoms with van der Waals surface area (Å²) in [6.07, 6.45) is 0.884. The van der Waals surface area contributed by atoms with Gasteiger partial charge >= 0.3 is 0 Å². The molecule has 1 atom stereocenters. The quantitative estimate of drug-likeness (QED) is 0.821. The van der Waals surface area contributed by atoms with E-state index in [1.165, 1.54) is 0 Å². The summed E-state index contributed by atoms with van der Waals surface area (Å²) in [4.78, 5) is 1.75. The number of aliphatic hydroxyl groups is 1. The Labute approximate surface area is 126 Å². The van der Waals surface area contributed by atoms with E-state index in [-0.39, 0.29) is 18.7 Å². The molecular weight excluding hydrogens is 264 g/mol. The van der Waals surface area contributed by atoms with Crippen molar-refractivity contribution < 1.29 is 5.11 Å². The maximum atomic E-state index is 9.28. The average molecular weight is 288 g/mol. The highest BCUT2D eigenvalue weighted by Gasteiger charge is 2.15. The summed E-state index contributed by atoms with van der Waals surface area (Å²) in [5.74, 6) is 0. The maximum Gasteiger partial charge on any atom is 0.117 e. The molecule has 0 aliphatic heterocycles. The number of aliphatic hydroxyl groups excluding tert-OH is 1. The summed E-state index contributed by atoms with van der Waals surface area (Å²) in [5.41, 5.74) is 2.89. The summed E-state index contributed by atoms with van der Waals surface area (Å²) in [6, 6.07) is 10.4. The fraction of sp³-hybridized carbons (Fsp3) is 0.500. The van der Waals surface area contributed by atoms with Crippen LogP contribution >= 0.6 is 0 Å². The van der Waals surface area contributed by atoms with Gasteiger partial charge < -0.3 is 10.4 Å². The van der Waals surface area contributed by atoms with E-state index < -0.39 is 0 Å². The van der Waals surface area contributed by atoms with Crippen LogP contribution in [0.25, 0.3) is 11.3 Å². The lowest BCUT2D eigenvalue weighted by atomic mass is 10.1. The molecule has 2 N–H and O–H groups in total. The fourth-order valence-electron chi connectivity index (χ4n) is 2.10. The highest BCUT2D eigenvalue weighted by Crippen LogP contribution is 2.21. The third-order valence-electron chi connectivity index (χ3n) is 3.48. The van der Waals surface area contributed by atoms with Crippen LogP contribution in [0.4, 0.5) is 0 Å². The molecule has 0 bridgehead atoms. The van der Waals surface area contributed by atoms with Crippen LogP contribution in [-0.2, 0) is 6.54 Å². The molecule has 5 heteroatoms. The van der Waals surface area contributed by atoms with Crippen LogP contribution in [0.3, 0.4) is 0 Å². The van der Waals surface area contributed by atoms with Crippen LogP contribution in [0.5, 0.6) is 0 Å². The van der Waals surface area contributed by atoms with E-state index in [1.807, 2.05) is 30.3 Å². The van der Waals surface area contributed by atoms with Gasteiger partial charge in [-0.3, -0.25) is 0 Å². The zero-order valence-corrected chi connectivity index (χ0v) is 13.0. The Balaban J connectivity index is 2.26. The van der Waals surface area contributed by atoms with Gasteiger partial charge in [-0.05, 0) is 20.3 Å². The minimum absolute atomic E-state index is 0.0952. The van der Waals surface area contributed by atoms with Gasteiger partial charge in [0, 0.05) is 18.2 Å². The third kappa shape index (κ3) is 3.89. The molecule has 114 valence electrons. The minimum Gasteiger partial charge on any atom is -0.395 e. The van der Waals surface area contributed by atoms with Gasteiger partial charge in [0.05, 0.1) is 12.6 Å². The summed E-state index contributed by atoms with van der Waals surface area (Å²) < 4.78 is 0. The normalized spacial score (nSPS) is 12.8. The predicted octanol–water partition coefficient (Wildman–Crippen LogP) is 2.39. The van der Waals surface area contributed by atoms with Gasteiger partial charge in [0.2, 0.25) is 0 Å². The highest BCUT2D eigenvalue weighted by atomic mass is 16.3. The topological polar surface area (TPSA) is 63.0 Å². The van der Waals surface area contributed by atoms with Crippen molar-refractivity contribution in [2.75, 3.05) is 6.61 Å². The summed E-state index contributed by atoms with van der Waals surface area (Å²) in [5, 5.41) is 21.8. The summed E-state index contributed by atoms with van der Waals surface area (Å²) in [7, 11) is 0. The van der Waals surface area contributed by atoms with Crippen molar-refractivity contribution in [1.29, 1.82) is 0 Å². The first-order valence-corrected chi connectivity index (χ1v) is 7.51. The second-order valence-electron chi connectivity index (χ2n) is 5.44. The van der Waals surface area contributed by atoms with Gasteiger partial charge in [-0.25, -0.2) is 0 Å². The van der Waals surface area contributed by atoms with E-state index in [2.05, 4.69) is 36.3 Å². The van der Waals surface area contributed by atoms with E-state index in [0.29, 0.717) is 6.54 Å². The molecule has 0 aliphatic carbocycles. The van der Waals surface area contributed by atoms with E-state index in [1.54, 1.807) is 4.80 Å². The van der Waals surface area contributed by atoms with Crippen LogP contribution in [-0.4, -0.2) is 32.7 Å². The smallest absolute Gasteiger partial charge is 0.117 e. The van der Waals surface area contributed by atoms with Crippen molar-refractivity contribution in [2.45, 2.75) is 45.8 Å². The molecule has 1 aromatic carbocycles. The molecule has 0 radical (unpaired) electrons. The molecule has 0 amide bonds. The van der Waals surface area contributed by atoms with Crippen molar-refractivity contribution in [3.63, 3.8) is 0 Å². The molecular formula is C16H24N4O. The van der Waals surface area contributed by atoms with Crippen molar-refractivity contribution in [2.24, 2.45) is 0 Å². The first kappa shape index (κ1) is 15.7. The molecule has 2 aromatic rings. The Morgan fingerprint density at radius 3 is 2.48 bits per heavy atom. The number of benzene rings is 1. The first-order valence-electron chi connectivity index (χ1n) is 7.51. The number of nitrogens with one attached hydrogen (secondary N) is 1. The van der Waals surface area contributed by atoms with Gasteiger partial charge in [0.1, 0.15) is 11.4 Å². The molecule has 5 nitrogen and oxygen atoms in total. The van der Waals surface area contributed by atoms with Gasteiger partial charge in [-0.15, -0.1) is 0 Å². The zero-order valence-electron chi connectivity index (χ0n) is 13.0. The van der Waals surface area contributed by atoms with Gasteiger partial charge in [0.25, 0.3) is 0 Å². The Kier molecular flexibility index (Phi) is 5.47. The number of rotatable bonds is 7. The Bertz CT molecular complexity index is 547. The number of hydrogen-bond donors (Lipinski definition) is 2. The first-order chi connectivity index (χ1) is 10.2. The molecule has 2 rings (SSSR count). The van der Waals surface area contributed by atoms with E-state index in [9.17, 15) is 5.11 Å². The van der Waals surface area contributed by atoms with Gasteiger partial charge in [-0.1, -0.05) is 37.3 Å². The monoisotopic (exact) mass is 288 g/mol. The summed E-state index contributed by atoms with van der Waals surface area (Å²) in [6.45, 7) is 6.92. The lowest BCUT2D eigenvalue weighted by Gasteiger charge is -2.12. The van der Waals surface area contributed by atoms with Gasteiger partial charge in [0.15, 0.2) is 0 Å². The van der Waals surface area contributed by atoms with E-state index in [4.69, 9.17) is 0 Å². The van der Waals surface area contributed by atoms with Crippen molar-refractivity contribution in [3.05, 3.63) is 36.0 Å². The van der Waals surface area contributed by atoms with Crippen molar-refractivity contribution in [3.8, 4) is 11.3 Å². The van der Waals surface area contributed by atoms with Crippen LogP contribution in [0, 0.1) is 0 Å². The molecule has 1 aromatic heterocycles. The Morgan fingerprint density at radius 2 is 1.90 bits per heavy atom. The van der Waals surface area contributed by atoms with Crippen LogP contribution in [0.1, 0.15) is 38.9 Å². The maximum absolute atomic E-state index is 9.28. The van der Waals surface area contributed by atoms with Crippen LogP contribution in [0.15, 0.2) is 30.3 Å². The summed E-state index contributed by atoms with van der Waals surface area (Å²) >= 11 is 0. The Hall–Kier alpha value is -1.72. The number of hydrogen-bond acceptors (Lipinski definition) is 4. The second kappa shape index (κ2) is 7.33. The standard InChI is InChI=1S/C16H24N4O/c1-4-14(11-21)17-10-15-16(13-8-6-5-7-9-13)19-20(18-15)12(2)3/h5-9,12,14,17,21H,4,10-11H2,1-3H3/t14-/m0/s1. The molecule has 0 spiro atoms. The molecule has 0 fully saturated rings. The van der Waals surface area contributed by atoms with Crippen LogP contribution in [0.2, 0.25) is 0 Å². The van der Waals surface area contributed by atoms with E-state index >= 15 is 0 Å². The average Bonchev–Trinajstić information content (AvgIpc) is 2.94. The van der Waals surface area contributed by atoms with Crippen LogP contribution < -0.4 is 5.32 Å². The number of nitrogens with zero attached hydrogens (tertiary/aromatic N) is 3. The largest absolute Gasteiger partial charge is 0.395 e. The van der Waals surface area contributed by atoms with E-state index in [0.717, 1.165) is 23.4 Å². The predicted molar refractivity (Wildman–Crippen MR) is 83.8 cm³/mol. The van der Waals surface area contributed by atoms with Gasteiger partial charge in [-0.2, -0.15) is 15.0 Å². The lowest BCUT2D eigenvalue weighted by molar-refractivity contribution is 0.238. The van der Waals surface area contributed by atoms with Crippen molar-refractivity contribution >= 4 is 0 Å². The lowest BCUT2D eigenvalue weighted by Crippen LogP contribution is -2.31. The zero-order chi connectivity index (χ0) is 15.2. The highest BCUT2D eigenvalue weighted by molar-refractivity contribution is 5.60. The van der Waals surface area contributed by atoms with Crippen molar-refractivity contribution in [1.82, 2.24) is 20.3 Å². The molecule has 0 saturated heterocycles. The molecule has 0 unspecified atom stereocenters. The minimum atomic E-state index is 0.0952. The third-order valence-corrected chi connectivity index (χ3v) is 3.48. The Morgan fingerprint density at radius 1 is 1.19 bits per heavy atom. The molecule has 1 heterocycles. The fourth-order valence-corrected chi connectivity index (χ4v) is 2.10. The second-order valence-corrected chi connectivity index (χ2v) is 5.44.